The van der Waals surface area contributed by atoms with Crippen LogP contribution in [0.25, 0.3) is 0 Å². The van der Waals surface area contributed by atoms with Crippen molar-refractivity contribution in [3.05, 3.63) is 39.8 Å². The molecule has 102 valence electrons. The quantitative estimate of drug-likeness (QED) is 0.895. The summed E-state index contributed by atoms with van der Waals surface area (Å²) in [5, 5.41) is 7.93. The minimum atomic E-state index is -3.61. The van der Waals surface area contributed by atoms with E-state index in [1.807, 2.05) is 0 Å². The molecule has 9 heteroatoms. The molecule has 19 heavy (non-hydrogen) atoms. The molecule has 1 aromatic heterocycles. The molecule has 0 bridgehead atoms. The Bertz CT molecular complexity index is 701. The molecule has 0 aliphatic carbocycles. The van der Waals surface area contributed by atoms with Crippen molar-refractivity contribution in [3.8, 4) is 0 Å². The van der Waals surface area contributed by atoms with Crippen LogP contribution >= 0.6 is 27.5 Å². The van der Waals surface area contributed by atoms with E-state index in [9.17, 15) is 8.42 Å². The first-order chi connectivity index (χ1) is 8.90. The van der Waals surface area contributed by atoms with Gasteiger partial charge in [-0.2, -0.15) is 0 Å². The third-order valence-electron chi connectivity index (χ3n) is 2.43. The smallest absolute Gasteiger partial charge is 0.241 e. The van der Waals surface area contributed by atoms with E-state index in [2.05, 4.69) is 30.8 Å². The Hall–Kier alpha value is -0.960. The van der Waals surface area contributed by atoms with Crippen LogP contribution in [0.3, 0.4) is 0 Å². The van der Waals surface area contributed by atoms with E-state index >= 15 is 0 Å². The van der Waals surface area contributed by atoms with Crippen molar-refractivity contribution in [2.45, 2.75) is 11.4 Å². The summed E-state index contributed by atoms with van der Waals surface area (Å²) in [6.45, 7) is 0.0685. The Labute approximate surface area is 124 Å². The van der Waals surface area contributed by atoms with E-state index in [1.54, 1.807) is 11.6 Å². The van der Waals surface area contributed by atoms with E-state index < -0.39 is 10.0 Å². The van der Waals surface area contributed by atoms with Gasteiger partial charge in [0.15, 0.2) is 0 Å². The average Bonchev–Trinajstić information content (AvgIpc) is 2.76. The molecule has 0 aliphatic heterocycles. The number of halogens is 2. The largest absolute Gasteiger partial charge is 0.320 e. The van der Waals surface area contributed by atoms with Gasteiger partial charge in [-0.3, -0.25) is 0 Å². The van der Waals surface area contributed by atoms with Gasteiger partial charge in [0, 0.05) is 11.5 Å². The van der Waals surface area contributed by atoms with Crippen molar-refractivity contribution >= 4 is 37.6 Å². The van der Waals surface area contributed by atoms with E-state index in [1.165, 1.54) is 24.5 Å². The van der Waals surface area contributed by atoms with Crippen LogP contribution in [0.4, 0.5) is 0 Å². The molecule has 1 N–H and O–H groups in total. The monoisotopic (exact) mass is 364 g/mol. The standard InChI is InChI=1S/C10H10BrClN4O2S/c1-16-6-13-15-10(16)5-14-19(17,18)7-2-3-9(12)8(11)4-7/h2-4,6,14H,5H2,1H3. The SMILES string of the molecule is Cn1cnnc1CNS(=O)(=O)c1ccc(Cl)c(Br)c1. The maximum Gasteiger partial charge on any atom is 0.241 e. The number of aromatic nitrogens is 3. The Morgan fingerprint density at radius 2 is 2.21 bits per heavy atom. The molecule has 0 atom stereocenters. The maximum atomic E-state index is 12.1. The van der Waals surface area contributed by atoms with Gasteiger partial charge >= 0.3 is 0 Å². The summed E-state index contributed by atoms with van der Waals surface area (Å²) in [5.41, 5.74) is 0. The van der Waals surface area contributed by atoms with Gasteiger partial charge in [-0.15, -0.1) is 10.2 Å². The van der Waals surface area contributed by atoms with E-state index in [-0.39, 0.29) is 11.4 Å². The minimum absolute atomic E-state index is 0.0685. The van der Waals surface area contributed by atoms with Crippen molar-refractivity contribution < 1.29 is 8.42 Å². The molecule has 0 spiro atoms. The lowest BCUT2D eigenvalue weighted by Crippen LogP contribution is -2.24. The van der Waals surface area contributed by atoms with Gasteiger partial charge in [0.05, 0.1) is 16.5 Å². The summed E-state index contributed by atoms with van der Waals surface area (Å²) in [4.78, 5) is 0.131. The highest BCUT2D eigenvalue weighted by Crippen LogP contribution is 2.25. The van der Waals surface area contributed by atoms with Crippen LogP contribution in [-0.2, 0) is 23.6 Å². The number of hydrogen-bond donors (Lipinski definition) is 1. The van der Waals surface area contributed by atoms with Gasteiger partial charge in [0.2, 0.25) is 10.0 Å². The van der Waals surface area contributed by atoms with Crippen LogP contribution in [0.2, 0.25) is 5.02 Å². The lowest BCUT2D eigenvalue weighted by Gasteiger charge is -2.07. The van der Waals surface area contributed by atoms with Gasteiger partial charge in [0.25, 0.3) is 0 Å². The second kappa shape index (κ2) is 5.58. The summed E-state index contributed by atoms with van der Waals surface area (Å²) in [6, 6.07) is 4.40. The topological polar surface area (TPSA) is 76.9 Å². The van der Waals surface area contributed by atoms with Crippen LogP contribution in [0.5, 0.6) is 0 Å². The van der Waals surface area contributed by atoms with Crippen molar-refractivity contribution in [1.82, 2.24) is 19.5 Å². The summed E-state index contributed by atoms with van der Waals surface area (Å²) < 4.78 is 28.8. The van der Waals surface area contributed by atoms with Gasteiger partial charge in [-0.1, -0.05) is 11.6 Å². The van der Waals surface area contributed by atoms with Crippen molar-refractivity contribution in [1.29, 1.82) is 0 Å². The molecule has 0 saturated carbocycles. The third-order valence-corrected chi connectivity index (χ3v) is 5.04. The molecule has 0 unspecified atom stereocenters. The zero-order valence-corrected chi connectivity index (χ0v) is 13.0. The number of aryl methyl sites for hydroxylation is 1. The van der Waals surface area contributed by atoms with E-state index in [0.717, 1.165) is 0 Å². The summed E-state index contributed by atoms with van der Waals surface area (Å²) in [5.74, 6) is 0.525. The normalized spacial score (nSPS) is 11.7. The van der Waals surface area contributed by atoms with Crippen LogP contribution in [0.1, 0.15) is 5.82 Å². The molecule has 1 aromatic carbocycles. The number of benzene rings is 1. The number of hydrogen-bond acceptors (Lipinski definition) is 4. The van der Waals surface area contributed by atoms with Gasteiger partial charge < -0.3 is 4.57 Å². The zero-order chi connectivity index (χ0) is 14.0. The van der Waals surface area contributed by atoms with E-state index in [4.69, 9.17) is 11.6 Å². The number of rotatable bonds is 4. The predicted molar refractivity (Wildman–Crippen MR) is 74.2 cm³/mol. The molecule has 0 saturated heterocycles. The first-order valence-corrected chi connectivity index (χ1v) is 7.83. The summed E-state index contributed by atoms with van der Waals surface area (Å²) in [6.07, 6.45) is 1.50. The molecule has 0 aliphatic rings. The van der Waals surface area contributed by atoms with Crippen molar-refractivity contribution in [2.75, 3.05) is 0 Å². The van der Waals surface area contributed by atoms with E-state index in [0.29, 0.717) is 15.3 Å². The minimum Gasteiger partial charge on any atom is -0.320 e. The van der Waals surface area contributed by atoms with Crippen LogP contribution < -0.4 is 4.72 Å². The highest BCUT2D eigenvalue weighted by molar-refractivity contribution is 9.10. The molecular formula is C10H10BrClN4O2S. The third kappa shape index (κ3) is 3.33. The van der Waals surface area contributed by atoms with Crippen LogP contribution in [-0.4, -0.2) is 23.2 Å². The molecule has 1 heterocycles. The fourth-order valence-electron chi connectivity index (χ4n) is 1.35. The number of sulfonamides is 1. The average molecular weight is 366 g/mol. The summed E-state index contributed by atoms with van der Waals surface area (Å²) in [7, 11) is -1.87. The Morgan fingerprint density at radius 3 is 2.79 bits per heavy atom. The predicted octanol–water partition coefficient (Wildman–Crippen LogP) is 1.71. The van der Waals surface area contributed by atoms with Crippen LogP contribution in [0, 0.1) is 0 Å². The first kappa shape index (κ1) is 14.4. The Balaban J connectivity index is 2.18. The van der Waals surface area contributed by atoms with Gasteiger partial charge in [-0.05, 0) is 34.1 Å². The molecule has 0 fully saturated rings. The molecule has 2 aromatic rings. The Kier molecular flexibility index (Phi) is 4.24. The van der Waals surface area contributed by atoms with Crippen LogP contribution in [0.15, 0.2) is 33.9 Å². The second-order valence-electron chi connectivity index (χ2n) is 3.76. The molecule has 0 amide bonds. The zero-order valence-electron chi connectivity index (χ0n) is 9.84. The first-order valence-electron chi connectivity index (χ1n) is 5.18. The van der Waals surface area contributed by atoms with Crippen molar-refractivity contribution in [2.24, 2.45) is 7.05 Å². The highest BCUT2D eigenvalue weighted by Gasteiger charge is 2.16. The van der Waals surface area contributed by atoms with Gasteiger partial charge in [0.1, 0.15) is 12.2 Å². The lowest BCUT2D eigenvalue weighted by molar-refractivity contribution is 0.577. The van der Waals surface area contributed by atoms with Gasteiger partial charge in [-0.25, -0.2) is 13.1 Å². The number of nitrogens with one attached hydrogen (secondary N) is 1. The molecule has 0 radical (unpaired) electrons. The fraction of sp³-hybridized carbons (Fsp3) is 0.200. The molecular weight excluding hydrogens is 356 g/mol. The fourth-order valence-corrected chi connectivity index (χ4v) is 3.01. The number of nitrogens with zero attached hydrogens (tertiary/aromatic N) is 3. The Morgan fingerprint density at radius 1 is 1.47 bits per heavy atom. The highest BCUT2D eigenvalue weighted by atomic mass is 79.9. The summed E-state index contributed by atoms with van der Waals surface area (Å²) >= 11 is 9.02. The second-order valence-corrected chi connectivity index (χ2v) is 6.79. The molecule has 6 nitrogen and oxygen atoms in total. The maximum absolute atomic E-state index is 12.1. The molecule has 2 rings (SSSR count). The lowest BCUT2D eigenvalue weighted by atomic mass is 10.4. The van der Waals surface area contributed by atoms with Crippen molar-refractivity contribution in [3.63, 3.8) is 0 Å².